The van der Waals surface area contributed by atoms with Crippen LogP contribution in [0.25, 0.3) is 0 Å². The molecule has 86 valence electrons. The Labute approximate surface area is 94.4 Å². The largest absolute Gasteiger partial charge is 0.478 e. The number of carbonyl (C=O) groups is 1. The number of carboxylic acids is 1. The fraction of sp³-hybridized carbons (Fsp3) is 0.417. The fourth-order valence-electron chi connectivity index (χ4n) is 1.85. The molecule has 0 spiro atoms. The topological polar surface area (TPSA) is 49.8 Å². The van der Waals surface area contributed by atoms with E-state index >= 15 is 0 Å². The number of rotatable bonds is 2. The molecule has 0 saturated carbocycles. The Bertz CT molecular complexity index is 417. The maximum absolute atomic E-state index is 10.9. The number of benzene rings is 1. The zero-order chi connectivity index (χ0) is 11.7. The summed E-state index contributed by atoms with van der Waals surface area (Å²) in [5, 5.41) is 8.93. The van der Waals surface area contributed by atoms with Crippen LogP contribution in [-0.4, -0.2) is 30.8 Å². The smallest absolute Gasteiger partial charge is 0.346 e. The second-order valence-electron chi connectivity index (χ2n) is 3.98. The summed E-state index contributed by atoms with van der Waals surface area (Å²) < 4.78 is 5.42. The van der Waals surface area contributed by atoms with Crippen molar-refractivity contribution in [3.8, 4) is 5.75 Å². The van der Waals surface area contributed by atoms with Crippen LogP contribution in [0.5, 0.6) is 5.75 Å². The molecule has 16 heavy (non-hydrogen) atoms. The Hall–Kier alpha value is -1.71. The van der Waals surface area contributed by atoms with Crippen LogP contribution < -0.4 is 9.64 Å². The number of nitrogens with zero attached hydrogens (tertiary/aromatic N) is 1. The van der Waals surface area contributed by atoms with E-state index in [0.29, 0.717) is 12.3 Å². The van der Waals surface area contributed by atoms with Crippen LogP contribution in [0, 0.1) is 0 Å². The minimum absolute atomic E-state index is 0.384. The third-order valence-electron chi connectivity index (χ3n) is 2.83. The average molecular weight is 221 g/mol. The van der Waals surface area contributed by atoms with Gasteiger partial charge in [-0.25, -0.2) is 4.79 Å². The van der Waals surface area contributed by atoms with Crippen molar-refractivity contribution in [2.45, 2.75) is 19.4 Å². The summed E-state index contributed by atoms with van der Waals surface area (Å²) in [4.78, 5) is 12.8. The fourth-order valence-corrected chi connectivity index (χ4v) is 1.85. The maximum atomic E-state index is 10.9. The quantitative estimate of drug-likeness (QED) is 0.822. The lowest BCUT2D eigenvalue weighted by Crippen LogP contribution is -2.42. The molecule has 1 aromatic carbocycles. The van der Waals surface area contributed by atoms with Crippen LogP contribution in [-0.2, 0) is 11.2 Å². The highest BCUT2D eigenvalue weighted by Crippen LogP contribution is 2.33. The highest BCUT2D eigenvalue weighted by Gasteiger charge is 2.28. The van der Waals surface area contributed by atoms with Gasteiger partial charge in [-0.15, -0.1) is 0 Å². The lowest BCUT2D eigenvalue weighted by molar-refractivity contribution is -0.144. The zero-order valence-corrected chi connectivity index (χ0v) is 9.43. The van der Waals surface area contributed by atoms with Gasteiger partial charge >= 0.3 is 5.97 Å². The molecule has 1 aromatic rings. The molecule has 2 rings (SSSR count). The van der Waals surface area contributed by atoms with Gasteiger partial charge in [-0.1, -0.05) is 13.0 Å². The van der Waals surface area contributed by atoms with Crippen LogP contribution in [0.15, 0.2) is 18.2 Å². The standard InChI is InChI=1S/C12H15NO3/c1-3-8-4-5-10-9(6-8)13(2)7-11(16-10)12(14)15/h4-6,11H,3,7H2,1-2H3,(H,14,15). The average Bonchev–Trinajstić information content (AvgIpc) is 2.28. The third-order valence-corrected chi connectivity index (χ3v) is 2.83. The molecule has 1 aliphatic heterocycles. The van der Waals surface area contributed by atoms with Gasteiger partial charge in [-0.2, -0.15) is 0 Å². The Morgan fingerprint density at radius 3 is 3.00 bits per heavy atom. The lowest BCUT2D eigenvalue weighted by atomic mass is 10.1. The molecule has 4 heteroatoms. The first-order valence-corrected chi connectivity index (χ1v) is 5.35. The summed E-state index contributed by atoms with van der Waals surface area (Å²) in [5.41, 5.74) is 2.19. The SMILES string of the molecule is CCc1ccc2c(c1)N(C)CC(C(=O)O)O2. The summed E-state index contributed by atoms with van der Waals surface area (Å²) in [6.45, 7) is 2.47. The van der Waals surface area contributed by atoms with Crippen molar-refractivity contribution >= 4 is 11.7 Å². The molecule has 0 fully saturated rings. The van der Waals surface area contributed by atoms with Crippen LogP contribution >= 0.6 is 0 Å². The highest BCUT2D eigenvalue weighted by atomic mass is 16.5. The van der Waals surface area contributed by atoms with Crippen molar-refractivity contribution in [2.24, 2.45) is 0 Å². The van der Waals surface area contributed by atoms with E-state index in [2.05, 4.69) is 6.92 Å². The van der Waals surface area contributed by atoms with E-state index in [0.717, 1.165) is 12.1 Å². The molecule has 4 nitrogen and oxygen atoms in total. The monoisotopic (exact) mass is 221 g/mol. The number of aliphatic carboxylic acids is 1. The molecule has 0 amide bonds. The molecular weight excluding hydrogens is 206 g/mol. The van der Waals surface area contributed by atoms with Gasteiger partial charge in [0.15, 0.2) is 0 Å². The number of hydrogen-bond donors (Lipinski definition) is 1. The Morgan fingerprint density at radius 1 is 1.62 bits per heavy atom. The Balaban J connectivity index is 2.34. The van der Waals surface area contributed by atoms with Crippen molar-refractivity contribution in [3.05, 3.63) is 23.8 Å². The number of ether oxygens (including phenoxy) is 1. The third kappa shape index (κ3) is 1.83. The molecule has 1 N–H and O–H groups in total. The number of likely N-dealkylation sites (N-methyl/N-ethyl adjacent to an activating group) is 1. The van der Waals surface area contributed by atoms with E-state index in [1.165, 1.54) is 5.56 Å². The van der Waals surface area contributed by atoms with Crippen LogP contribution in [0.1, 0.15) is 12.5 Å². The number of hydrogen-bond acceptors (Lipinski definition) is 3. The van der Waals surface area contributed by atoms with Crippen molar-refractivity contribution in [3.63, 3.8) is 0 Å². The molecular formula is C12H15NO3. The number of aryl methyl sites for hydroxylation is 1. The summed E-state index contributed by atoms with van der Waals surface area (Å²) in [6, 6.07) is 5.87. The minimum Gasteiger partial charge on any atom is -0.478 e. The molecule has 1 aliphatic rings. The van der Waals surface area contributed by atoms with Crippen molar-refractivity contribution in [1.29, 1.82) is 0 Å². The number of fused-ring (bicyclic) bond motifs is 1. The molecule has 0 radical (unpaired) electrons. The van der Waals surface area contributed by atoms with Gasteiger partial charge in [0.05, 0.1) is 12.2 Å². The van der Waals surface area contributed by atoms with E-state index < -0.39 is 12.1 Å². The summed E-state index contributed by atoms with van der Waals surface area (Å²) in [6.07, 6.45) is 0.189. The minimum atomic E-state index is -0.919. The van der Waals surface area contributed by atoms with Crippen LogP contribution in [0.4, 0.5) is 5.69 Å². The highest BCUT2D eigenvalue weighted by molar-refractivity contribution is 5.76. The van der Waals surface area contributed by atoms with Crippen molar-refractivity contribution in [2.75, 3.05) is 18.5 Å². The van der Waals surface area contributed by atoms with Gasteiger partial charge in [0.2, 0.25) is 6.10 Å². The van der Waals surface area contributed by atoms with Crippen molar-refractivity contribution < 1.29 is 14.6 Å². The lowest BCUT2D eigenvalue weighted by Gasteiger charge is -2.32. The van der Waals surface area contributed by atoms with E-state index in [1.54, 1.807) is 0 Å². The van der Waals surface area contributed by atoms with Crippen LogP contribution in [0.2, 0.25) is 0 Å². The van der Waals surface area contributed by atoms with Gasteiger partial charge < -0.3 is 14.7 Å². The molecule has 1 unspecified atom stereocenters. The summed E-state index contributed by atoms with van der Waals surface area (Å²) >= 11 is 0. The van der Waals surface area contributed by atoms with Crippen molar-refractivity contribution in [1.82, 2.24) is 0 Å². The zero-order valence-electron chi connectivity index (χ0n) is 9.43. The second kappa shape index (κ2) is 4.04. The van der Waals surface area contributed by atoms with Gasteiger partial charge in [-0.05, 0) is 24.1 Å². The van der Waals surface area contributed by atoms with E-state index in [-0.39, 0.29) is 0 Å². The molecule has 0 aromatic heterocycles. The number of anilines is 1. The summed E-state index contributed by atoms with van der Waals surface area (Å²) in [7, 11) is 1.89. The van der Waals surface area contributed by atoms with Crippen LogP contribution in [0.3, 0.4) is 0 Å². The first-order valence-electron chi connectivity index (χ1n) is 5.35. The Morgan fingerprint density at radius 2 is 2.38 bits per heavy atom. The predicted molar refractivity (Wildman–Crippen MR) is 61.1 cm³/mol. The normalized spacial score (nSPS) is 18.9. The first kappa shape index (κ1) is 10.8. The molecule has 0 aliphatic carbocycles. The second-order valence-corrected chi connectivity index (χ2v) is 3.98. The van der Waals surface area contributed by atoms with Gasteiger partial charge in [0.25, 0.3) is 0 Å². The molecule has 1 atom stereocenters. The van der Waals surface area contributed by atoms with Gasteiger partial charge in [0.1, 0.15) is 5.75 Å². The van der Waals surface area contributed by atoms with E-state index in [9.17, 15) is 4.79 Å². The Kier molecular flexibility index (Phi) is 2.73. The maximum Gasteiger partial charge on any atom is 0.346 e. The van der Waals surface area contributed by atoms with E-state index in [1.807, 2.05) is 30.1 Å². The van der Waals surface area contributed by atoms with E-state index in [4.69, 9.17) is 9.84 Å². The predicted octanol–water partition coefficient (Wildman–Crippen LogP) is 1.53. The molecule has 0 saturated heterocycles. The molecule has 1 heterocycles. The molecule has 0 bridgehead atoms. The van der Waals surface area contributed by atoms with Gasteiger partial charge in [-0.3, -0.25) is 0 Å². The first-order chi connectivity index (χ1) is 7.61. The van der Waals surface area contributed by atoms with Gasteiger partial charge in [0, 0.05) is 7.05 Å². The summed E-state index contributed by atoms with van der Waals surface area (Å²) in [5.74, 6) is -0.268. The number of carboxylic acid groups (broad SMARTS) is 1.